The van der Waals surface area contributed by atoms with Crippen LogP contribution in [0, 0.1) is 17.0 Å². The molecule has 0 radical (unpaired) electrons. The summed E-state index contributed by atoms with van der Waals surface area (Å²) in [4.78, 5) is 14.2. The van der Waals surface area contributed by atoms with E-state index in [0.717, 1.165) is 6.07 Å². The van der Waals surface area contributed by atoms with E-state index in [1.54, 1.807) is 0 Å². The highest BCUT2D eigenvalue weighted by molar-refractivity contribution is 7.89. The molecule has 12 heteroatoms. The van der Waals surface area contributed by atoms with Crippen LogP contribution in [-0.4, -0.2) is 26.1 Å². The number of nitrogens with one attached hydrogen (secondary N) is 1. The van der Waals surface area contributed by atoms with E-state index in [1.807, 2.05) is 0 Å². The third-order valence-corrected chi connectivity index (χ3v) is 3.79. The first-order chi connectivity index (χ1) is 9.44. The minimum Gasteiger partial charge on any atom is -0.277 e. The maximum Gasteiger partial charge on any atom is 0.413 e. The molecule has 1 aromatic carbocycles. The largest absolute Gasteiger partial charge is 0.413 e. The number of nitro benzene ring substituents is 1. The van der Waals surface area contributed by atoms with Gasteiger partial charge in [-0.1, -0.05) is 16.5 Å². The van der Waals surface area contributed by atoms with Crippen LogP contribution in [0.2, 0.25) is 5.02 Å². The van der Waals surface area contributed by atoms with E-state index in [4.69, 9.17) is 11.6 Å². The molecule has 1 aromatic rings. The van der Waals surface area contributed by atoms with E-state index in [-0.39, 0.29) is 10.6 Å². The molecule has 0 aliphatic carbocycles. The lowest BCUT2D eigenvalue weighted by Gasteiger charge is -2.10. The van der Waals surface area contributed by atoms with Crippen LogP contribution in [0.3, 0.4) is 0 Å². The van der Waals surface area contributed by atoms with Crippen molar-refractivity contribution in [2.45, 2.75) is 18.0 Å². The summed E-state index contributed by atoms with van der Waals surface area (Å²) in [6.07, 6.45) is -4.74. The molecule has 0 fully saturated rings. The standard InChI is InChI=1S/C9H8ClF3N2O5S/c1-5-7(10)2-6(3-8(5)15(16)17)21(18,19)14-20-4-9(11,12)13/h2-3,14H,4H2,1H3. The third-order valence-electron chi connectivity index (χ3n) is 2.20. The number of hydrogen-bond acceptors (Lipinski definition) is 5. The number of nitrogens with zero attached hydrogens (tertiary/aromatic N) is 1. The lowest BCUT2D eigenvalue weighted by Crippen LogP contribution is -2.29. The maximum absolute atomic E-state index is 11.9. The number of halogens is 4. The molecule has 0 spiro atoms. The van der Waals surface area contributed by atoms with Gasteiger partial charge in [0.05, 0.1) is 14.8 Å². The molecule has 0 atom stereocenters. The highest BCUT2D eigenvalue weighted by Gasteiger charge is 2.29. The number of hydrogen-bond donors (Lipinski definition) is 1. The van der Waals surface area contributed by atoms with Crippen LogP contribution < -0.4 is 4.89 Å². The molecule has 1 N–H and O–H groups in total. The first-order valence-electron chi connectivity index (χ1n) is 5.09. The Hall–Kier alpha value is -1.43. The molecule has 0 aliphatic heterocycles. The van der Waals surface area contributed by atoms with Gasteiger partial charge in [-0.05, 0) is 13.0 Å². The SMILES string of the molecule is Cc1c(Cl)cc(S(=O)(=O)NOCC(F)(F)F)cc1[N+](=O)[O-]. The highest BCUT2D eigenvalue weighted by Crippen LogP contribution is 2.29. The van der Waals surface area contributed by atoms with E-state index in [1.165, 1.54) is 11.8 Å². The molecule has 118 valence electrons. The summed E-state index contributed by atoms with van der Waals surface area (Å²) in [6.45, 7) is -0.557. The van der Waals surface area contributed by atoms with E-state index >= 15 is 0 Å². The predicted molar refractivity (Wildman–Crippen MR) is 65.2 cm³/mol. The van der Waals surface area contributed by atoms with Gasteiger partial charge in [0.2, 0.25) is 0 Å². The fourth-order valence-corrected chi connectivity index (χ4v) is 2.35. The van der Waals surface area contributed by atoms with Crippen molar-refractivity contribution in [1.29, 1.82) is 0 Å². The van der Waals surface area contributed by atoms with Gasteiger partial charge in [-0.2, -0.15) is 13.2 Å². The zero-order valence-electron chi connectivity index (χ0n) is 10.3. The quantitative estimate of drug-likeness (QED) is 0.650. The van der Waals surface area contributed by atoms with E-state index < -0.39 is 38.3 Å². The second-order valence-corrected chi connectivity index (χ2v) is 5.85. The lowest BCUT2D eigenvalue weighted by atomic mass is 10.2. The average Bonchev–Trinajstić information content (AvgIpc) is 2.29. The molecule has 0 unspecified atom stereocenters. The highest BCUT2D eigenvalue weighted by atomic mass is 35.5. The van der Waals surface area contributed by atoms with Gasteiger partial charge < -0.3 is 0 Å². The molecule has 7 nitrogen and oxygen atoms in total. The monoisotopic (exact) mass is 348 g/mol. The molecule has 0 saturated carbocycles. The normalized spacial score (nSPS) is 12.4. The second-order valence-electron chi connectivity index (χ2n) is 3.80. The average molecular weight is 349 g/mol. The summed E-state index contributed by atoms with van der Waals surface area (Å²) in [7, 11) is -4.54. The maximum atomic E-state index is 11.9. The lowest BCUT2D eigenvalue weighted by molar-refractivity contribution is -0.385. The molecule has 0 heterocycles. The van der Waals surface area contributed by atoms with Crippen molar-refractivity contribution < 1.29 is 31.3 Å². The van der Waals surface area contributed by atoms with Gasteiger partial charge in [-0.3, -0.25) is 15.0 Å². The minimum atomic E-state index is -4.74. The first kappa shape index (κ1) is 17.6. The van der Waals surface area contributed by atoms with Gasteiger partial charge in [0.25, 0.3) is 15.7 Å². The van der Waals surface area contributed by atoms with Crippen molar-refractivity contribution in [2.24, 2.45) is 0 Å². The molecule has 1 rings (SSSR count). The summed E-state index contributed by atoms with van der Waals surface area (Å²) in [6, 6.07) is 1.53. The van der Waals surface area contributed by atoms with Crippen LogP contribution in [0.1, 0.15) is 5.56 Å². The van der Waals surface area contributed by atoms with Gasteiger partial charge in [-0.25, -0.2) is 8.42 Å². The number of nitro groups is 1. The Morgan fingerprint density at radius 3 is 2.48 bits per heavy atom. The van der Waals surface area contributed by atoms with Gasteiger partial charge in [-0.15, -0.1) is 0 Å². The molecule has 0 aliphatic rings. The Bertz CT molecular complexity index is 662. The van der Waals surface area contributed by atoms with Crippen molar-refractivity contribution in [3.05, 3.63) is 32.8 Å². The van der Waals surface area contributed by atoms with Crippen LogP contribution in [0.4, 0.5) is 18.9 Å². The summed E-state index contributed by atoms with van der Waals surface area (Å²) in [5.41, 5.74) is -0.560. The molecule has 0 bridgehead atoms. The summed E-state index contributed by atoms with van der Waals surface area (Å²) in [5.74, 6) is 0. The van der Waals surface area contributed by atoms with Crippen molar-refractivity contribution in [3.63, 3.8) is 0 Å². The van der Waals surface area contributed by atoms with Crippen molar-refractivity contribution in [1.82, 2.24) is 4.89 Å². The van der Waals surface area contributed by atoms with Crippen LogP contribution in [0.25, 0.3) is 0 Å². The van der Waals surface area contributed by atoms with Crippen LogP contribution in [-0.2, 0) is 14.9 Å². The summed E-state index contributed by atoms with van der Waals surface area (Å²) >= 11 is 5.66. The number of sulfonamides is 1. The van der Waals surface area contributed by atoms with Crippen LogP contribution >= 0.6 is 11.6 Å². The summed E-state index contributed by atoms with van der Waals surface area (Å²) in [5, 5.41) is 10.5. The minimum absolute atomic E-state index is 0.0248. The van der Waals surface area contributed by atoms with Gasteiger partial charge in [0.1, 0.15) is 0 Å². The van der Waals surface area contributed by atoms with Crippen molar-refractivity contribution in [3.8, 4) is 0 Å². The van der Waals surface area contributed by atoms with Gasteiger partial charge >= 0.3 is 6.18 Å². The Kier molecular flexibility index (Phi) is 5.15. The zero-order chi connectivity index (χ0) is 16.4. The topological polar surface area (TPSA) is 98.5 Å². The molecule has 0 saturated heterocycles. The fourth-order valence-electron chi connectivity index (χ4n) is 1.22. The Morgan fingerprint density at radius 1 is 1.43 bits per heavy atom. The van der Waals surface area contributed by atoms with E-state index in [9.17, 15) is 31.7 Å². The number of rotatable bonds is 5. The van der Waals surface area contributed by atoms with Crippen molar-refractivity contribution >= 4 is 27.3 Å². The van der Waals surface area contributed by atoms with Gasteiger partial charge in [0.15, 0.2) is 6.61 Å². The van der Waals surface area contributed by atoms with E-state index in [2.05, 4.69) is 4.84 Å². The zero-order valence-corrected chi connectivity index (χ0v) is 11.8. The number of benzene rings is 1. The fraction of sp³-hybridized carbons (Fsp3) is 0.333. The molecular formula is C9H8ClF3N2O5S. The summed E-state index contributed by atoms with van der Waals surface area (Å²) < 4.78 is 58.9. The van der Waals surface area contributed by atoms with Crippen LogP contribution in [0.5, 0.6) is 0 Å². The molecular weight excluding hydrogens is 341 g/mol. The van der Waals surface area contributed by atoms with Gasteiger partial charge in [0, 0.05) is 11.6 Å². The smallest absolute Gasteiger partial charge is 0.277 e. The molecule has 0 amide bonds. The van der Waals surface area contributed by atoms with Crippen LogP contribution in [0.15, 0.2) is 17.0 Å². The predicted octanol–water partition coefficient (Wildman–Crippen LogP) is 2.33. The van der Waals surface area contributed by atoms with Crippen molar-refractivity contribution in [2.75, 3.05) is 6.61 Å². The Morgan fingerprint density at radius 2 is 2.00 bits per heavy atom. The molecule has 21 heavy (non-hydrogen) atoms. The first-order valence-corrected chi connectivity index (χ1v) is 6.95. The Balaban J connectivity index is 3.07. The van der Waals surface area contributed by atoms with E-state index in [0.29, 0.717) is 6.07 Å². The second kappa shape index (κ2) is 6.13. The Labute approximate surface area is 121 Å². The molecule has 0 aromatic heterocycles. The third kappa shape index (κ3) is 4.81. The number of alkyl halides is 3.